The highest BCUT2D eigenvalue weighted by atomic mass is 32.2. The predicted molar refractivity (Wildman–Crippen MR) is 110 cm³/mol. The van der Waals surface area contributed by atoms with E-state index in [1.54, 1.807) is 30.3 Å². The molecule has 0 spiro atoms. The third-order valence-corrected chi connectivity index (χ3v) is 7.19. The Morgan fingerprint density at radius 1 is 1.12 bits per heavy atom. The first-order chi connectivity index (χ1) is 15.5. The van der Waals surface area contributed by atoms with Gasteiger partial charge in [-0.15, -0.1) is 5.10 Å². The zero-order chi connectivity index (χ0) is 22.1. The molecular weight excluding hydrogens is 437 g/mol. The average molecular weight is 455 g/mol. The summed E-state index contributed by atoms with van der Waals surface area (Å²) in [6.45, 7) is 0.598. The first kappa shape index (κ1) is 20.4. The van der Waals surface area contributed by atoms with E-state index >= 15 is 0 Å². The van der Waals surface area contributed by atoms with Crippen LogP contribution >= 0.6 is 0 Å². The zero-order valence-electron chi connectivity index (χ0n) is 16.7. The summed E-state index contributed by atoms with van der Waals surface area (Å²) >= 11 is 0. The number of aromatic nitrogens is 6. The SMILES string of the molecule is O=S(=O)(c1cccc(-n2cnnn2)c1)N1CCCC(c2nc(-c3cccc(F)c3)no2)C1. The number of piperidine rings is 1. The molecule has 4 aromatic rings. The molecule has 1 fully saturated rings. The van der Waals surface area contributed by atoms with Crippen molar-refractivity contribution in [3.05, 3.63) is 66.6 Å². The van der Waals surface area contributed by atoms with Crippen LogP contribution in [0.5, 0.6) is 0 Å². The van der Waals surface area contributed by atoms with E-state index < -0.39 is 15.8 Å². The fraction of sp³-hybridized carbons (Fsp3) is 0.250. The number of halogens is 1. The van der Waals surface area contributed by atoms with Crippen molar-refractivity contribution in [3.63, 3.8) is 0 Å². The molecule has 1 atom stereocenters. The lowest BCUT2D eigenvalue weighted by Crippen LogP contribution is -2.39. The molecule has 1 aliphatic rings. The molecule has 0 amide bonds. The van der Waals surface area contributed by atoms with Gasteiger partial charge in [-0.3, -0.25) is 0 Å². The van der Waals surface area contributed by atoms with Crippen LogP contribution in [0.4, 0.5) is 4.39 Å². The monoisotopic (exact) mass is 455 g/mol. The largest absolute Gasteiger partial charge is 0.339 e. The Labute approximate surface area is 182 Å². The van der Waals surface area contributed by atoms with Gasteiger partial charge in [-0.2, -0.15) is 9.29 Å². The molecule has 12 heteroatoms. The second-order valence-corrected chi connectivity index (χ2v) is 9.36. The van der Waals surface area contributed by atoms with Crippen molar-refractivity contribution in [2.24, 2.45) is 0 Å². The van der Waals surface area contributed by atoms with E-state index in [0.717, 1.165) is 0 Å². The lowest BCUT2D eigenvalue weighted by atomic mass is 10.00. The molecule has 1 saturated heterocycles. The van der Waals surface area contributed by atoms with Crippen molar-refractivity contribution in [3.8, 4) is 17.1 Å². The summed E-state index contributed by atoms with van der Waals surface area (Å²) in [6, 6.07) is 12.4. The lowest BCUT2D eigenvalue weighted by molar-refractivity contribution is 0.265. The minimum Gasteiger partial charge on any atom is -0.339 e. The smallest absolute Gasteiger partial charge is 0.243 e. The normalized spacial score (nSPS) is 17.5. The van der Waals surface area contributed by atoms with Crippen LogP contribution in [-0.2, 0) is 10.0 Å². The van der Waals surface area contributed by atoms with E-state index in [1.807, 2.05) is 0 Å². The van der Waals surface area contributed by atoms with Crippen LogP contribution in [0.2, 0.25) is 0 Å². The maximum atomic E-state index is 13.5. The minimum absolute atomic E-state index is 0.150. The Balaban J connectivity index is 1.38. The minimum atomic E-state index is -3.76. The number of tetrazole rings is 1. The molecule has 1 unspecified atom stereocenters. The summed E-state index contributed by atoms with van der Waals surface area (Å²) in [5.74, 6) is -0.0380. The number of hydrogen-bond acceptors (Lipinski definition) is 8. The van der Waals surface area contributed by atoms with Crippen LogP contribution in [-0.4, -0.2) is 56.2 Å². The predicted octanol–water partition coefficient (Wildman–Crippen LogP) is 2.42. The van der Waals surface area contributed by atoms with Gasteiger partial charge in [-0.25, -0.2) is 17.5 Å². The summed E-state index contributed by atoms with van der Waals surface area (Å²) in [6.07, 6.45) is 2.75. The molecule has 1 aliphatic heterocycles. The molecule has 0 bridgehead atoms. The Kier molecular flexibility index (Phi) is 5.23. The fourth-order valence-electron chi connectivity index (χ4n) is 3.72. The van der Waals surface area contributed by atoms with Gasteiger partial charge in [-0.05, 0) is 53.6 Å². The van der Waals surface area contributed by atoms with Crippen LogP contribution in [0.25, 0.3) is 17.1 Å². The van der Waals surface area contributed by atoms with Crippen LogP contribution in [0.3, 0.4) is 0 Å². The highest BCUT2D eigenvalue weighted by molar-refractivity contribution is 7.89. The number of nitrogens with zero attached hydrogens (tertiary/aromatic N) is 7. The molecule has 164 valence electrons. The van der Waals surface area contributed by atoms with Gasteiger partial charge < -0.3 is 4.52 Å². The summed E-state index contributed by atoms with van der Waals surface area (Å²) in [4.78, 5) is 4.54. The molecule has 5 rings (SSSR count). The zero-order valence-corrected chi connectivity index (χ0v) is 17.6. The Morgan fingerprint density at radius 2 is 2.00 bits per heavy atom. The number of hydrogen-bond donors (Lipinski definition) is 0. The number of benzene rings is 2. The highest BCUT2D eigenvalue weighted by Gasteiger charge is 2.33. The first-order valence-electron chi connectivity index (χ1n) is 9.94. The van der Waals surface area contributed by atoms with Crippen LogP contribution in [0, 0.1) is 5.82 Å². The first-order valence-corrected chi connectivity index (χ1v) is 11.4. The summed E-state index contributed by atoms with van der Waals surface area (Å²) in [5.41, 5.74) is 1.04. The van der Waals surface area contributed by atoms with Crippen molar-refractivity contribution in [2.45, 2.75) is 23.7 Å². The summed E-state index contributed by atoms with van der Waals surface area (Å²) in [7, 11) is -3.76. The van der Waals surface area contributed by atoms with Gasteiger partial charge >= 0.3 is 0 Å². The summed E-state index contributed by atoms with van der Waals surface area (Å²) in [5, 5.41) is 14.9. The van der Waals surface area contributed by atoms with Crippen molar-refractivity contribution in [1.29, 1.82) is 0 Å². The molecule has 0 N–H and O–H groups in total. The Hall–Kier alpha value is -3.51. The maximum absolute atomic E-state index is 13.5. The van der Waals surface area contributed by atoms with Gasteiger partial charge in [-0.1, -0.05) is 23.4 Å². The van der Waals surface area contributed by atoms with Gasteiger partial charge in [0, 0.05) is 18.7 Å². The van der Waals surface area contributed by atoms with Gasteiger partial charge in [0.25, 0.3) is 0 Å². The van der Waals surface area contributed by atoms with Crippen LogP contribution in [0.15, 0.2) is 64.3 Å². The van der Waals surface area contributed by atoms with Gasteiger partial charge in [0.1, 0.15) is 12.1 Å². The van der Waals surface area contributed by atoms with E-state index in [9.17, 15) is 12.8 Å². The molecule has 0 saturated carbocycles. The van der Waals surface area contributed by atoms with E-state index in [0.29, 0.717) is 36.5 Å². The van der Waals surface area contributed by atoms with Crippen molar-refractivity contribution >= 4 is 10.0 Å². The maximum Gasteiger partial charge on any atom is 0.243 e. The van der Waals surface area contributed by atoms with Crippen molar-refractivity contribution in [1.82, 2.24) is 34.7 Å². The molecule has 32 heavy (non-hydrogen) atoms. The van der Waals surface area contributed by atoms with E-state index in [2.05, 4.69) is 25.7 Å². The third kappa shape index (κ3) is 3.89. The van der Waals surface area contributed by atoms with Crippen molar-refractivity contribution < 1.29 is 17.3 Å². The summed E-state index contributed by atoms with van der Waals surface area (Å²) < 4.78 is 48.3. The number of sulfonamides is 1. The van der Waals surface area contributed by atoms with Crippen LogP contribution < -0.4 is 0 Å². The van der Waals surface area contributed by atoms with Gasteiger partial charge in [0.05, 0.1) is 16.5 Å². The molecule has 3 heterocycles. The van der Waals surface area contributed by atoms with E-state index in [4.69, 9.17) is 4.52 Å². The molecule has 0 radical (unpaired) electrons. The molecule has 0 aliphatic carbocycles. The van der Waals surface area contributed by atoms with E-state index in [1.165, 1.54) is 33.5 Å². The Morgan fingerprint density at radius 3 is 2.81 bits per heavy atom. The van der Waals surface area contributed by atoms with E-state index in [-0.39, 0.29) is 23.2 Å². The Bertz CT molecular complexity index is 1340. The quantitative estimate of drug-likeness (QED) is 0.450. The second-order valence-electron chi connectivity index (χ2n) is 7.42. The van der Waals surface area contributed by atoms with Crippen LogP contribution in [0.1, 0.15) is 24.7 Å². The molecule has 10 nitrogen and oxygen atoms in total. The average Bonchev–Trinajstić information content (AvgIpc) is 3.52. The topological polar surface area (TPSA) is 120 Å². The number of rotatable bonds is 5. The highest BCUT2D eigenvalue weighted by Crippen LogP contribution is 2.31. The van der Waals surface area contributed by atoms with Gasteiger partial charge in [0.2, 0.25) is 21.7 Å². The molecule has 2 aromatic heterocycles. The lowest BCUT2D eigenvalue weighted by Gasteiger charge is -2.30. The third-order valence-electron chi connectivity index (χ3n) is 5.33. The molecular formula is C20H18FN7O3S. The standard InChI is InChI=1S/C20H18FN7O3S/c21-16-6-1-4-14(10-16)19-23-20(31-24-19)15-5-3-9-27(12-15)32(29,30)18-8-2-7-17(11-18)28-13-22-25-26-28/h1-2,4,6-8,10-11,13,15H,3,5,9,12H2. The molecule has 2 aromatic carbocycles. The second kappa shape index (κ2) is 8.20. The fourth-order valence-corrected chi connectivity index (χ4v) is 5.29. The van der Waals surface area contributed by atoms with Gasteiger partial charge in [0.15, 0.2) is 0 Å². The van der Waals surface area contributed by atoms with Crippen molar-refractivity contribution in [2.75, 3.05) is 13.1 Å².